The van der Waals surface area contributed by atoms with Gasteiger partial charge in [0.25, 0.3) is 0 Å². The topological polar surface area (TPSA) is 38.9 Å². The maximum atomic E-state index is 6.34. The first kappa shape index (κ1) is 31.2. The molecule has 2 aromatic heterocycles. The number of rotatable bonds is 5. The highest BCUT2D eigenvalue weighted by Gasteiger charge is 2.19. The minimum absolute atomic E-state index is 0.694. The third kappa shape index (κ3) is 5.28. The van der Waals surface area contributed by atoms with Crippen LogP contribution >= 0.6 is 0 Å². The van der Waals surface area contributed by atoms with Gasteiger partial charge in [0.15, 0.2) is 5.82 Å². The van der Waals surface area contributed by atoms with Crippen LogP contribution in [0.1, 0.15) is 0 Å². The van der Waals surface area contributed by atoms with Gasteiger partial charge in [0.05, 0.1) is 11.4 Å². The van der Waals surface area contributed by atoms with Gasteiger partial charge in [-0.1, -0.05) is 164 Å². The zero-order chi connectivity index (χ0) is 36.3. The largest absolute Gasteiger partial charge is 0.456 e. The molecule has 0 amide bonds. The van der Waals surface area contributed by atoms with Crippen molar-refractivity contribution < 1.29 is 4.42 Å². The number of hydrogen-bond donors (Lipinski definition) is 0. The van der Waals surface area contributed by atoms with E-state index in [-0.39, 0.29) is 0 Å². The molecule has 9 aromatic carbocycles. The second-order valence-electron chi connectivity index (χ2n) is 14.1. The number of para-hydroxylation sites is 1. The fraction of sp³-hybridized carbons (Fsp3) is 0. The van der Waals surface area contributed by atoms with Gasteiger partial charge in [-0.25, -0.2) is 9.97 Å². The van der Waals surface area contributed by atoms with Crippen molar-refractivity contribution in [2.45, 2.75) is 0 Å². The van der Waals surface area contributed by atoms with Crippen LogP contribution in [0, 0.1) is 0 Å². The Morgan fingerprint density at radius 3 is 1.76 bits per heavy atom. The Balaban J connectivity index is 1.16. The van der Waals surface area contributed by atoms with Crippen molar-refractivity contribution in [2.75, 3.05) is 0 Å². The van der Waals surface area contributed by atoms with Gasteiger partial charge < -0.3 is 4.42 Å². The number of furan rings is 1. The van der Waals surface area contributed by atoms with E-state index in [1.54, 1.807) is 0 Å². The van der Waals surface area contributed by atoms with Crippen LogP contribution < -0.4 is 0 Å². The van der Waals surface area contributed by atoms with Gasteiger partial charge >= 0.3 is 0 Å². The quantitative estimate of drug-likeness (QED) is 0.133. The van der Waals surface area contributed by atoms with Crippen LogP contribution in [0.3, 0.4) is 0 Å². The van der Waals surface area contributed by atoms with Crippen LogP contribution in [0.2, 0.25) is 0 Å². The van der Waals surface area contributed by atoms with Crippen molar-refractivity contribution in [1.82, 2.24) is 9.97 Å². The molecule has 3 heteroatoms. The summed E-state index contributed by atoms with van der Waals surface area (Å²) in [6, 6.07) is 68.6. The SMILES string of the molecule is c1ccc(-c2ccc(-c3cc(-c4ccccc4-c4ccc5c(c4)oc4ccccc45)nc(-c4c5ccccc5cc5c4ccc4ccccc45)n3)cc2)cc1. The van der Waals surface area contributed by atoms with E-state index in [1.165, 1.54) is 21.7 Å². The average molecular weight is 701 g/mol. The van der Waals surface area contributed by atoms with Crippen molar-refractivity contribution in [1.29, 1.82) is 0 Å². The monoisotopic (exact) mass is 700 g/mol. The summed E-state index contributed by atoms with van der Waals surface area (Å²) < 4.78 is 6.34. The number of hydrogen-bond acceptors (Lipinski definition) is 3. The number of fused-ring (bicyclic) bond motifs is 7. The summed E-state index contributed by atoms with van der Waals surface area (Å²) in [7, 11) is 0. The van der Waals surface area contributed by atoms with Crippen LogP contribution in [0.15, 0.2) is 199 Å². The minimum atomic E-state index is 0.694. The highest BCUT2D eigenvalue weighted by Crippen LogP contribution is 2.41. The Morgan fingerprint density at radius 1 is 0.309 bits per heavy atom. The first-order chi connectivity index (χ1) is 27.2. The molecule has 11 aromatic rings. The van der Waals surface area contributed by atoms with E-state index in [4.69, 9.17) is 14.4 Å². The molecule has 55 heavy (non-hydrogen) atoms. The van der Waals surface area contributed by atoms with Gasteiger partial charge in [0.2, 0.25) is 0 Å². The summed E-state index contributed by atoms with van der Waals surface area (Å²) in [4.78, 5) is 10.9. The predicted molar refractivity (Wildman–Crippen MR) is 229 cm³/mol. The van der Waals surface area contributed by atoms with Crippen LogP contribution in [0.5, 0.6) is 0 Å². The van der Waals surface area contributed by atoms with E-state index in [0.29, 0.717) is 5.82 Å². The third-order valence-electron chi connectivity index (χ3n) is 10.9. The summed E-state index contributed by atoms with van der Waals surface area (Å²) >= 11 is 0. The van der Waals surface area contributed by atoms with Gasteiger partial charge in [-0.3, -0.25) is 0 Å². The highest BCUT2D eigenvalue weighted by atomic mass is 16.3. The lowest BCUT2D eigenvalue weighted by atomic mass is 9.92. The molecule has 0 fully saturated rings. The van der Waals surface area contributed by atoms with Crippen molar-refractivity contribution in [3.8, 4) is 56.2 Å². The first-order valence-corrected chi connectivity index (χ1v) is 18.6. The number of aromatic nitrogens is 2. The molecule has 0 spiro atoms. The normalized spacial score (nSPS) is 11.6. The van der Waals surface area contributed by atoms with E-state index in [9.17, 15) is 0 Å². The molecule has 0 N–H and O–H groups in total. The molecule has 0 saturated carbocycles. The standard InChI is InChI=1S/C52H32N2O/c1-2-12-33(13-3-1)34-22-24-36(25-23-34)47-32-48(42-19-9-8-17-40(42)38-27-28-44-43-20-10-11-21-49(43)55-50(44)31-38)54-52(53-47)51-41-18-7-5-15-37(41)30-46-39-16-6-4-14-35(39)26-29-45(46)51/h1-32H. The Kier molecular flexibility index (Phi) is 7.17. The molecule has 0 bridgehead atoms. The van der Waals surface area contributed by atoms with E-state index in [0.717, 1.165) is 82.9 Å². The molecular weight excluding hydrogens is 669 g/mol. The summed E-state index contributed by atoms with van der Waals surface area (Å²) in [5, 5.41) is 9.25. The van der Waals surface area contributed by atoms with Gasteiger partial charge in [-0.15, -0.1) is 0 Å². The fourth-order valence-corrected chi connectivity index (χ4v) is 8.22. The summed E-state index contributed by atoms with van der Waals surface area (Å²) in [5.41, 5.74) is 11.1. The lowest BCUT2D eigenvalue weighted by Crippen LogP contribution is -1.98. The molecule has 3 nitrogen and oxygen atoms in total. The van der Waals surface area contributed by atoms with E-state index >= 15 is 0 Å². The maximum Gasteiger partial charge on any atom is 0.161 e. The predicted octanol–water partition coefficient (Wildman–Crippen LogP) is 14.2. The second kappa shape index (κ2) is 12.6. The third-order valence-corrected chi connectivity index (χ3v) is 10.9. The molecule has 256 valence electrons. The molecule has 11 rings (SSSR count). The molecule has 0 radical (unpaired) electrons. The maximum absolute atomic E-state index is 6.34. The van der Waals surface area contributed by atoms with Crippen molar-refractivity contribution in [2.24, 2.45) is 0 Å². The zero-order valence-corrected chi connectivity index (χ0v) is 29.8. The Hall–Kier alpha value is -7.36. The summed E-state index contributed by atoms with van der Waals surface area (Å²) in [6.45, 7) is 0. The van der Waals surface area contributed by atoms with Gasteiger partial charge in [0.1, 0.15) is 11.2 Å². The number of nitrogens with zero attached hydrogens (tertiary/aromatic N) is 2. The Morgan fingerprint density at radius 2 is 0.909 bits per heavy atom. The van der Waals surface area contributed by atoms with Crippen molar-refractivity contribution >= 4 is 54.3 Å². The summed E-state index contributed by atoms with van der Waals surface area (Å²) in [5.74, 6) is 0.694. The zero-order valence-electron chi connectivity index (χ0n) is 29.8. The highest BCUT2D eigenvalue weighted by molar-refractivity contribution is 6.19. The van der Waals surface area contributed by atoms with Crippen LogP contribution in [-0.2, 0) is 0 Å². The lowest BCUT2D eigenvalue weighted by molar-refractivity contribution is 0.669. The molecule has 0 unspecified atom stereocenters. The van der Waals surface area contributed by atoms with Gasteiger partial charge in [-0.05, 0) is 84.9 Å². The molecule has 2 heterocycles. The molecule has 0 saturated heterocycles. The average Bonchev–Trinajstić information content (AvgIpc) is 3.64. The minimum Gasteiger partial charge on any atom is -0.456 e. The Labute approximate surface area is 317 Å². The first-order valence-electron chi connectivity index (χ1n) is 18.6. The van der Waals surface area contributed by atoms with E-state index in [2.05, 4.69) is 176 Å². The smallest absolute Gasteiger partial charge is 0.161 e. The van der Waals surface area contributed by atoms with Crippen molar-refractivity contribution in [3.63, 3.8) is 0 Å². The van der Waals surface area contributed by atoms with Crippen LogP contribution in [-0.4, -0.2) is 9.97 Å². The molecule has 0 aliphatic carbocycles. The van der Waals surface area contributed by atoms with Crippen LogP contribution in [0.4, 0.5) is 0 Å². The van der Waals surface area contributed by atoms with E-state index < -0.39 is 0 Å². The van der Waals surface area contributed by atoms with Crippen molar-refractivity contribution in [3.05, 3.63) is 194 Å². The second-order valence-corrected chi connectivity index (χ2v) is 14.1. The van der Waals surface area contributed by atoms with Gasteiger partial charge in [0, 0.05) is 27.5 Å². The lowest BCUT2D eigenvalue weighted by Gasteiger charge is -2.16. The van der Waals surface area contributed by atoms with Gasteiger partial charge in [-0.2, -0.15) is 0 Å². The Bertz CT molecular complexity index is 3250. The molecule has 0 aliphatic rings. The fourth-order valence-electron chi connectivity index (χ4n) is 8.22. The summed E-state index contributed by atoms with van der Waals surface area (Å²) in [6.07, 6.45) is 0. The van der Waals surface area contributed by atoms with E-state index in [1.807, 2.05) is 18.2 Å². The van der Waals surface area contributed by atoms with Crippen LogP contribution in [0.25, 0.3) is 110 Å². The number of benzene rings is 9. The molecular formula is C52H32N2O. The molecule has 0 atom stereocenters. The molecule has 0 aliphatic heterocycles.